The molecule has 0 saturated heterocycles. The average molecular weight is 400 g/mol. The summed E-state index contributed by atoms with van der Waals surface area (Å²) >= 11 is 0. The summed E-state index contributed by atoms with van der Waals surface area (Å²) in [6.07, 6.45) is 3.44. The topological polar surface area (TPSA) is 93.4 Å². The molecule has 1 amide bonds. The molecule has 0 aliphatic heterocycles. The normalized spacial score (nSPS) is 11.1. The van der Waals surface area contributed by atoms with Gasteiger partial charge in [-0.3, -0.25) is 4.79 Å². The van der Waals surface area contributed by atoms with Crippen molar-refractivity contribution < 1.29 is 9.53 Å². The first kappa shape index (κ1) is 22.6. The van der Waals surface area contributed by atoms with E-state index in [0.717, 1.165) is 38.2 Å². The quantitative estimate of drug-likeness (QED) is 0.532. The van der Waals surface area contributed by atoms with Crippen molar-refractivity contribution in [3.63, 3.8) is 0 Å². The molecule has 0 unspecified atom stereocenters. The van der Waals surface area contributed by atoms with E-state index < -0.39 is 5.91 Å². The summed E-state index contributed by atoms with van der Waals surface area (Å²) in [5, 5.41) is 3.12. The number of ether oxygens (including phenoxy) is 1. The molecule has 1 heterocycles. The number of nitrogens with one attached hydrogen (secondary N) is 1. The fourth-order valence-electron chi connectivity index (χ4n) is 3.00. The molecule has 0 spiro atoms. The zero-order chi connectivity index (χ0) is 21.2. The lowest BCUT2D eigenvalue weighted by Crippen LogP contribution is -2.24. The predicted molar refractivity (Wildman–Crippen MR) is 117 cm³/mol. The molecule has 7 heteroatoms. The molecule has 29 heavy (non-hydrogen) atoms. The van der Waals surface area contributed by atoms with Crippen LogP contribution in [0.4, 0.5) is 5.95 Å². The van der Waals surface area contributed by atoms with E-state index in [-0.39, 0.29) is 5.69 Å². The van der Waals surface area contributed by atoms with E-state index >= 15 is 0 Å². The first-order valence-electron chi connectivity index (χ1n) is 10.2. The number of anilines is 1. The third-order valence-electron chi connectivity index (χ3n) is 4.64. The highest BCUT2D eigenvalue weighted by atomic mass is 16.5. The minimum absolute atomic E-state index is 0.217. The van der Waals surface area contributed by atoms with Crippen molar-refractivity contribution in [2.24, 2.45) is 5.73 Å². The summed E-state index contributed by atoms with van der Waals surface area (Å²) in [4.78, 5) is 21.6. The van der Waals surface area contributed by atoms with Gasteiger partial charge in [-0.25, -0.2) is 9.97 Å². The zero-order valence-corrected chi connectivity index (χ0v) is 17.9. The number of hydrogen-bond acceptors (Lipinski definition) is 6. The molecule has 0 bridgehead atoms. The molecule has 1 aromatic heterocycles. The van der Waals surface area contributed by atoms with Crippen LogP contribution in [-0.4, -0.2) is 54.1 Å². The number of amides is 1. The van der Waals surface area contributed by atoms with E-state index in [1.165, 1.54) is 23.4 Å². The number of benzene rings is 1. The maximum atomic E-state index is 11.1. The highest BCUT2D eigenvalue weighted by Crippen LogP contribution is 2.27. The number of nitrogens with two attached hydrogens (primary N) is 1. The third-order valence-corrected chi connectivity index (χ3v) is 4.64. The second kappa shape index (κ2) is 11.4. The molecule has 7 nitrogen and oxygen atoms in total. The molecule has 0 radical (unpaired) electrons. The van der Waals surface area contributed by atoms with Crippen molar-refractivity contribution in [3.8, 4) is 5.75 Å². The molecule has 0 fully saturated rings. The summed E-state index contributed by atoms with van der Waals surface area (Å²) in [5.74, 6) is 1.33. The molecule has 3 N–H and O–H groups in total. The maximum absolute atomic E-state index is 11.1. The summed E-state index contributed by atoms with van der Waals surface area (Å²) in [5.41, 5.74) is 7.93. The van der Waals surface area contributed by atoms with Gasteiger partial charge in [0.25, 0.3) is 5.91 Å². The Balaban J connectivity index is 1.64. The zero-order valence-electron chi connectivity index (χ0n) is 17.9. The van der Waals surface area contributed by atoms with E-state index in [2.05, 4.69) is 66.2 Å². The van der Waals surface area contributed by atoms with Gasteiger partial charge in [0.05, 0.1) is 6.61 Å². The van der Waals surface area contributed by atoms with Crippen molar-refractivity contribution in [2.75, 3.05) is 38.6 Å². The smallest absolute Gasteiger partial charge is 0.267 e. The highest BCUT2D eigenvalue weighted by molar-refractivity contribution is 5.90. The summed E-state index contributed by atoms with van der Waals surface area (Å²) in [7, 11) is 2.11. The molecule has 2 rings (SSSR count). The van der Waals surface area contributed by atoms with Crippen molar-refractivity contribution >= 4 is 11.9 Å². The number of primary amides is 1. The number of aromatic nitrogens is 2. The number of nitrogens with zero attached hydrogens (tertiary/aromatic N) is 3. The molecular formula is C22H33N5O2. The Kier molecular flexibility index (Phi) is 8.86. The fraction of sp³-hybridized carbons (Fsp3) is 0.500. The minimum atomic E-state index is -0.552. The number of rotatable bonds is 12. The van der Waals surface area contributed by atoms with E-state index in [4.69, 9.17) is 10.5 Å². The second-order valence-corrected chi connectivity index (χ2v) is 7.61. The summed E-state index contributed by atoms with van der Waals surface area (Å²) < 4.78 is 6.05. The number of aryl methyl sites for hydroxylation is 1. The van der Waals surface area contributed by atoms with E-state index in [1.54, 1.807) is 0 Å². The van der Waals surface area contributed by atoms with E-state index in [9.17, 15) is 4.79 Å². The molecule has 158 valence electrons. The van der Waals surface area contributed by atoms with Gasteiger partial charge in [0.2, 0.25) is 5.95 Å². The minimum Gasteiger partial charge on any atom is -0.493 e. The van der Waals surface area contributed by atoms with Crippen LogP contribution in [0.5, 0.6) is 5.75 Å². The van der Waals surface area contributed by atoms with Gasteiger partial charge in [-0.1, -0.05) is 26.0 Å². The molecular weight excluding hydrogens is 366 g/mol. The van der Waals surface area contributed by atoms with E-state index in [1.807, 2.05) is 0 Å². The monoisotopic (exact) mass is 399 g/mol. The number of carbonyl (C=O) groups is 1. The third kappa shape index (κ3) is 7.69. The SMILES string of the molecule is Cc1ccc(C(C)C)c(OCCCN(C)CCCNc2nccc(C(N)=O)n2)c1. The predicted octanol–water partition coefficient (Wildman–Crippen LogP) is 3.21. The second-order valence-electron chi connectivity index (χ2n) is 7.61. The van der Waals surface area contributed by atoms with Crippen LogP contribution in [0.25, 0.3) is 0 Å². The first-order chi connectivity index (χ1) is 13.9. The van der Waals surface area contributed by atoms with Crippen LogP contribution < -0.4 is 15.8 Å². The van der Waals surface area contributed by atoms with Crippen LogP contribution in [0.3, 0.4) is 0 Å². The maximum Gasteiger partial charge on any atom is 0.267 e. The Bertz CT molecular complexity index is 795. The van der Waals surface area contributed by atoms with Crippen LogP contribution in [0.1, 0.15) is 54.2 Å². The number of hydrogen-bond donors (Lipinski definition) is 2. The Morgan fingerprint density at radius 1 is 1.24 bits per heavy atom. The van der Waals surface area contributed by atoms with Gasteiger partial charge in [-0.15, -0.1) is 0 Å². The molecule has 2 aromatic rings. The van der Waals surface area contributed by atoms with Crippen molar-refractivity contribution in [1.29, 1.82) is 0 Å². The summed E-state index contributed by atoms with van der Waals surface area (Å²) in [6.45, 7) is 9.82. The van der Waals surface area contributed by atoms with E-state index in [0.29, 0.717) is 18.5 Å². The standard InChI is InChI=1S/C22H33N5O2/c1-16(2)18-8-7-17(3)15-20(18)29-14-6-13-27(4)12-5-10-24-22-25-11-9-19(26-22)21(23)28/h7-9,11,15-16H,5-6,10,12-14H2,1-4H3,(H2,23,28)(H,24,25,26). The van der Waals surface area contributed by atoms with Crippen LogP contribution in [0, 0.1) is 6.92 Å². The molecule has 0 aliphatic rings. The Morgan fingerprint density at radius 3 is 2.72 bits per heavy atom. The van der Waals surface area contributed by atoms with Gasteiger partial charge in [0.1, 0.15) is 11.4 Å². The van der Waals surface area contributed by atoms with Crippen LogP contribution >= 0.6 is 0 Å². The lowest BCUT2D eigenvalue weighted by molar-refractivity contribution is 0.0995. The van der Waals surface area contributed by atoms with Crippen molar-refractivity contribution in [2.45, 2.75) is 39.5 Å². The fourth-order valence-corrected chi connectivity index (χ4v) is 3.00. The van der Waals surface area contributed by atoms with Crippen LogP contribution in [-0.2, 0) is 0 Å². The largest absolute Gasteiger partial charge is 0.493 e. The van der Waals surface area contributed by atoms with Gasteiger partial charge in [0.15, 0.2) is 0 Å². The van der Waals surface area contributed by atoms with Gasteiger partial charge in [0, 0.05) is 19.3 Å². The van der Waals surface area contributed by atoms with Crippen molar-refractivity contribution in [3.05, 3.63) is 47.3 Å². The summed E-state index contributed by atoms with van der Waals surface area (Å²) in [6, 6.07) is 7.93. The van der Waals surface area contributed by atoms with Gasteiger partial charge in [-0.05, 0) is 62.5 Å². The Hall–Kier alpha value is -2.67. The first-order valence-corrected chi connectivity index (χ1v) is 10.2. The Labute approximate surface area is 173 Å². The van der Waals surface area contributed by atoms with Gasteiger partial charge in [-0.2, -0.15) is 0 Å². The Morgan fingerprint density at radius 2 is 2.00 bits per heavy atom. The van der Waals surface area contributed by atoms with Crippen LogP contribution in [0.2, 0.25) is 0 Å². The van der Waals surface area contributed by atoms with Crippen LogP contribution in [0.15, 0.2) is 30.5 Å². The highest BCUT2D eigenvalue weighted by Gasteiger charge is 2.08. The average Bonchev–Trinajstić information content (AvgIpc) is 2.68. The lowest BCUT2D eigenvalue weighted by atomic mass is 10.0. The van der Waals surface area contributed by atoms with Gasteiger partial charge < -0.3 is 20.7 Å². The molecule has 1 aromatic carbocycles. The van der Waals surface area contributed by atoms with Gasteiger partial charge >= 0.3 is 0 Å². The lowest BCUT2D eigenvalue weighted by Gasteiger charge is -2.18. The molecule has 0 aliphatic carbocycles. The molecule has 0 saturated carbocycles. The number of carbonyl (C=O) groups excluding carboxylic acids is 1. The molecule has 0 atom stereocenters. The van der Waals surface area contributed by atoms with Crippen molar-refractivity contribution in [1.82, 2.24) is 14.9 Å².